The molecule has 0 spiro atoms. The van der Waals surface area contributed by atoms with Crippen molar-refractivity contribution in [2.24, 2.45) is 5.92 Å². The monoisotopic (exact) mass is 963 g/mol. The van der Waals surface area contributed by atoms with Crippen LogP contribution in [0.25, 0.3) is 0 Å². The van der Waals surface area contributed by atoms with E-state index in [2.05, 4.69) is 71.4 Å². The molecule has 0 radical (unpaired) electrons. The molecule has 1 aromatic carbocycles. The third-order valence-electron chi connectivity index (χ3n) is 13.6. The lowest BCUT2D eigenvalue weighted by molar-refractivity contribution is 0.0940. The number of carbonyl (C=O) groups is 1. The van der Waals surface area contributed by atoms with E-state index in [0.29, 0.717) is 119 Å². The largest absolute Gasteiger partial charge is 0.445 e. The van der Waals surface area contributed by atoms with E-state index in [-0.39, 0.29) is 12.7 Å². The molecular formula is C48H74N20O2. The zero-order valence-electron chi connectivity index (χ0n) is 41.6. The van der Waals surface area contributed by atoms with Gasteiger partial charge in [0.25, 0.3) is 0 Å². The Balaban J connectivity index is 0.857. The van der Waals surface area contributed by atoms with Gasteiger partial charge in [0.15, 0.2) is 0 Å². The van der Waals surface area contributed by atoms with Crippen LogP contribution in [0.3, 0.4) is 0 Å². The van der Waals surface area contributed by atoms with E-state index in [9.17, 15) is 4.79 Å². The van der Waals surface area contributed by atoms with Crippen molar-refractivity contribution < 1.29 is 9.53 Å². The number of benzene rings is 1. The first-order chi connectivity index (χ1) is 34.3. The first-order valence-electron chi connectivity index (χ1n) is 26.0. The van der Waals surface area contributed by atoms with E-state index in [0.717, 1.165) is 102 Å². The predicted molar refractivity (Wildman–Crippen MR) is 276 cm³/mol. The zero-order valence-corrected chi connectivity index (χ0v) is 41.6. The van der Waals surface area contributed by atoms with Crippen molar-refractivity contribution in [1.29, 1.82) is 0 Å². The molecule has 9 rings (SSSR count). The van der Waals surface area contributed by atoms with Crippen molar-refractivity contribution in [3.63, 3.8) is 0 Å². The number of hydrogen-bond donors (Lipinski definition) is 4. The standard InChI is InChI=1S/C48H74N20O2/c1-4-5-12-17-50-39-53-42(59-43(54-39)67-30-32-68(33-31-67)48(69)70-35-37-13-8-6-9-14-37)63-22-24-64(25-23-63)44-55-40(51-34-36(2)3)56-45(60-44)65-26-28-66(29-27-65)47-58-41(52-38-15-10-7-11-16-38)57-46(61-47)62-20-18-49-19-21-62/h6,8-9,13-14,36,38,49H,4-5,7,10-12,15-35H2,1-3H3,(H,50,53,54,59)(H,51,55,56,60)(H,52,57,58,61). The fraction of sp³-hybridized carbons (Fsp3) is 0.667. The molecule has 4 N–H and O–H groups in total. The molecular weight excluding hydrogens is 889 g/mol. The summed E-state index contributed by atoms with van der Waals surface area (Å²) in [6.07, 6.45) is 9.06. The quantitative estimate of drug-likeness (QED) is 0.103. The Morgan fingerprint density at radius 1 is 0.586 bits per heavy atom. The van der Waals surface area contributed by atoms with Gasteiger partial charge in [0.1, 0.15) is 6.61 Å². The predicted octanol–water partition coefficient (Wildman–Crippen LogP) is 4.18. The van der Waals surface area contributed by atoms with Gasteiger partial charge in [0.2, 0.25) is 53.5 Å². The maximum absolute atomic E-state index is 13.0. The fourth-order valence-electron chi connectivity index (χ4n) is 9.41. The zero-order chi connectivity index (χ0) is 48.1. The molecule has 378 valence electrons. The van der Waals surface area contributed by atoms with E-state index < -0.39 is 0 Å². The highest BCUT2D eigenvalue weighted by molar-refractivity contribution is 5.68. The molecule has 22 heteroatoms. The summed E-state index contributed by atoms with van der Waals surface area (Å²) >= 11 is 0. The summed E-state index contributed by atoms with van der Waals surface area (Å²) in [5, 5.41) is 14.1. The van der Waals surface area contributed by atoms with E-state index in [1.165, 1.54) is 19.3 Å². The average molecular weight is 963 g/mol. The number of nitrogens with one attached hydrogen (secondary N) is 4. The molecule has 5 fully saturated rings. The first-order valence-corrected chi connectivity index (χ1v) is 26.0. The molecule has 22 nitrogen and oxygen atoms in total. The minimum atomic E-state index is -0.307. The van der Waals surface area contributed by atoms with Gasteiger partial charge in [-0.3, -0.25) is 0 Å². The van der Waals surface area contributed by atoms with Crippen molar-refractivity contribution in [3.8, 4) is 0 Å². The van der Waals surface area contributed by atoms with Gasteiger partial charge >= 0.3 is 6.09 Å². The molecule has 1 saturated carbocycles. The molecule has 4 aromatic rings. The number of amides is 1. The van der Waals surface area contributed by atoms with Crippen molar-refractivity contribution in [2.45, 2.75) is 84.8 Å². The van der Waals surface area contributed by atoms with E-state index >= 15 is 0 Å². The van der Waals surface area contributed by atoms with Gasteiger partial charge in [-0.2, -0.15) is 44.9 Å². The highest BCUT2D eigenvalue weighted by Gasteiger charge is 2.30. The van der Waals surface area contributed by atoms with Gasteiger partial charge in [0.05, 0.1) is 0 Å². The number of aromatic nitrogens is 9. The molecule has 4 aliphatic heterocycles. The second-order valence-electron chi connectivity index (χ2n) is 19.4. The molecule has 1 aliphatic carbocycles. The summed E-state index contributed by atoms with van der Waals surface area (Å²) in [7, 11) is 0. The summed E-state index contributed by atoms with van der Waals surface area (Å²) in [6, 6.07) is 10.2. The minimum Gasteiger partial charge on any atom is -0.445 e. The first kappa shape index (κ1) is 48.7. The van der Waals surface area contributed by atoms with Crippen LogP contribution in [0, 0.1) is 5.92 Å². The average Bonchev–Trinajstić information content (AvgIpc) is 3.41. The third-order valence-corrected chi connectivity index (χ3v) is 13.6. The van der Waals surface area contributed by atoms with Crippen LogP contribution in [0.2, 0.25) is 0 Å². The number of carbonyl (C=O) groups excluding carboxylic acids is 1. The summed E-state index contributed by atoms with van der Waals surface area (Å²) in [4.78, 5) is 73.1. The molecule has 0 bridgehead atoms. The van der Waals surface area contributed by atoms with E-state index in [4.69, 9.17) is 49.6 Å². The normalized spacial score (nSPS) is 18.4. The van der Waals surface area contributed by atoms with E-state index in [1.807, 2.05) is 30.3 Å². The smallest absolute Gasteiger partial charge is 0.410 e. The van der Waals surface area contributed by atoms with Gasteiger partial charge in [-0.25, -0.2) is 4.79 Å². The summed E-state index contributed by atoms with van der Waals surface area (Å²) < 4.78 is 5.63. The molecule has 1 amide bonds. The Labute approximate surface area is 412 Å². The number of nitrogens with zero attached hydrogens (tertiary/aromatic N) is 16. The Bertz CT molecular complexity index is 2260. The van der Waals surface area contributed by atoms with Crippen LogP contribution in [0.15, 0.2) is 30.3 Å². The van der Waals surface area contributed by atoms with Crippen LogP contribution in [0.5, 0.6) is 0 Å². The van der Waals surface area contributed by atoms with Crippen molar-refractivity contribution >= 4 is 59.6 Å². The maximum Gasteiger partial charge on any atom is 0.410 e. The third kappa shape index (κ3) is 13.1. The molecule has 5 aliphatic rings. The number of rotatable bonds is 18. The topological polar surface area (TPSA) is 213 Å². The molecule has 7 heterocycles. The minimum absolute atomic E-state index is 0.250. The molecule has 0 unspecified atom stereocenters. The van der Waals surface area contributed by atoms with Crippen LogP contribution in [-0.4, -0.2) is 180 Å². The molecule has 70 heavy (non-hydrogen) atoms. The van der Waals surface area contributed by atoms with Crippen molar-refractivity contribution in [2.75, 3.05) is 163 Å². The SMILES string of the molecule is CCCCCNc1nc(N2CCN(C(=O)OCc3ccccc3)CC2)nc(N2CCN(c3nc(NCC(C)C)nc(N4CCN(c5nc(NC6CCCCC6)nc(N6CCNCC6)n5)CC4)n3)CC2)n1. The lowest BCUT2D eigenvalue weighted by Gasteiger charge is -2.37. The van der Waals surface area contributed by atoms with Gasteiger partial charge in [-0.05, 0) is 30.7 Å². The van der Waals surface area contributed by atoms with Crippen LogP contribution in [0.1, 0.15) is 77.7 Å². The van der Waals surface area contributed by atoms with Crippen molar-refractivity contribution in [3.05, 3.63) is 35.9 Å². The number of unbranched alkanes of at least 4 members (excludes halogenated alkanes) is 2. The second-order valence-corrected chi connectivity index (χ2v) is 19.4. The van der Waals surface area contributed by atoms with Gasteiger partial charge in [-0.1, -0.05) is 83.2 Å². The number of hydrogen-bond acceptors (Lipinski definition) is 21. The Morgan fingerprint density at radius 3 is 1.53 bits per heavy atom. The fourth-order valence-corrected chi connectivity index (χ4v) is 9.41. The lowest BCUT2D eigenvalue weighted by atomic mass is 9.96. The Morgan fingerprint density at radius 2 is 1.04 bits per heavy atom. The number of anilines is 9. The summed E-state index contributed by atoms with van der Waals surface area (Å²) in [5.41, 5.74) is 0.965. The molecule has 0 atom stereocenters. The molecule has 3 aromatic heterocycles. The summed E-state index contributed by atoms with van der Waals surface area (Å²) in [5.74, 6) is 6.29. The lowest BCUT2D eigenvalue weighted by Crippen LogP contribution is -2.50. The second kappa shape index (κ2) is 24.0. The van der Waals surface area contributed by atoms with Gasteiger partial charge in [0, 0.05) is 124 Å². The molecule has 4 saturated heterocycles. The van der Waals surface area contributed by atoms with Gasteiger partial charge < -0.3 is 60.3 Å². The van der Waals surface area contributed by atoms with Crippen LogP contribution >= 0.6 is 0 Å². The maximum atomic E-state index is 13.0. The van der Waals surface area contributed by atoms with Crippen LogP contribution in [0.4, 0.5) is 58.3 Å². The number of piperazine rings is 4. The van der Waals surface area contributed by atoms with Crippen LogP contribution < -0.4 is 50.7 Å². The van der Waals surface area contributed by atoms with Crippen molar-refractivity contribution in [1.82, 2.24) is 55.1 Å². The Kier molecular flexibility index (Phi) is 16.7. The highest BCUT2D eigenvalue weighted by atomic mass is 16.6. The van der Waals surface area contributed by atoms with Gasteiger partial charge in [-0.15, -0.1) is 0 Å². The highest BCUT2D eigenvalue weighted by Crippen LogP contribution is 2.27. The van der Waals surface area contributed by atoms with E-state index in [1.54, 1.807) is 4.90 Å². The Hall–Kier alpha value is -6.32. The number of ether oxygens (including phenoxy) is 1. The van der Waals surface area contributed by atoms with Crippen LogP contribution in [-0.2, 0) is 11.3 Å². The summed E-state index contributed by atoms with van der Waals surface area (Å²) in [6.45, 7) is 19.7.